The molecule has 1 unspecified atom stereocenters. The Labute approximate surface area is 130 Å². The maximum absolute atomic E-state index is 11.8. The largest absolute Gasteiger partial charge is 0.493 e. The van der Waals surface area contributed by atoms with E-state index in [4.69, 9.17) is 14.2 Å². The monoisotopic (exact) mass is 319 g/mol. The maximum atomic E-state index is 11.8. The highest BCUT2D eigenvalue weighted by atomic mass is 32.2. The summed E-state index contributed by atoms with van der Waals surface area (Å²) in [6.07, 6.45) is 1.73. The van der Waals surface area contributed by atoms with Gasteiger partial charge < -0.3 is 19.5 Å². The zero-order valence-corrected chi connectivity index (χ0v) is 12.5. The van der Waals surface area contributed by atoms with Crippen LogP contribution in [-0.2, 0) is 4.79 Å². The first-order valence-electron chi connectivity index (χ1n) is 6.68. The number of methoxy groups -OCH3 is 1. The number of benzene rings is 1. The SMILES string of the molecule is COc1cc(C2SCC(=O)Nc3[nH]ncc32)cc2c1OCO2. The van der Waals surface area contributed by atoms with Crippen molar-refractivity contribution in [3.05, 3.63) is 29.5 Å². The summed E-state index contributed by atoms with van der Waals surface area (Å²) < 4.78 is 16.3. The molecular formula is C14H13N3O4S. The van der Waals surface area contributed by atoms with Gasteiger partial charge in [-0.25, -0.2) is 0 Å². The van der Waals surface area contributed by atoms with Gasteiger partial charge in [-0.05, 0) is 17.7 Å². The number of hydrogen-bond donors (Lipinski definition) is 2. The van der Waals surface area contributed by atoms with Crippen LogP contribution >= 0.6 is 11.8 Å². The summed E-state index contributed by atoms with van der Waals surface area (Å²) >= 11 is 1.53. The summed E-state index contributed by atoms with van der Waals surface area (Å²) in [5, 5.41) is 9.63. The predicted molar refractivity (Wildman–Crippen MR) is 80.6 cm³/mol. The molecule has 7 nitrogen and oxygen atoms in total. The number of H-pyrrole nitrogens is 1. The van der Waals surface area contributed by atoms with E-state index in [1.54, 1.807) is 13.3 Å². The Morgan fingerprint density at radius 2 is 2.32 bits per heavy atom. The number of ether oxygens (including phenoxy) is 3. The van der Waals surface area contributed by atoms with E-state index in [2.05, 4.69) is 15.5 Å². The minimum Gasteiger partial charge on any atom is -0.493 e. The molecule has 0 aliphatic carbocycles. The van der Waals surface area contributed by atoms with Gasteiger partial charge in [0.05, 0.1) is 24.3 Å². The molecule has 4 rings (SSSR count). The fourth-order valence-corrected chi connectivity index (χ4v) is 3.67. The molecule has 1 amide bonds. The number of carbonyl (C=O) groups excluding carboxylic acids is 1. The summed E-state index contributed by atoms with van der Waals surface area (Å²) in [5.74, 6) is 2.85. The van der Waals surface area contributed by atoms with Crippen LogP contribution < -0.4 is 19.5 Å². The van der Waals surface area contributed by atoms with Crippen LogP contribution in [0.25, 0.3) is 0 Å². The Morgan fingerprint density at radius 1 is 1.41 bits per heavy atom. The Hall–Kier alpha value is -2.35. The molecule has 0 saturated heterocycles. The number of rotatable bonds is 2. The van der Waals surface area contributed by atoms with Crippen molar-refractivity contribution in [3.63, 3.8) is 0 Å². The molecule has 1 aromatic heterocycles. The van der Waals surface area contributed by atoms with Gasteiger partial charge in [-0.15, -0.1) is 11.8 Å². The second kappa shape index (κ2) is 5.13. The fraction of sp³-hybridized carbons (Fsp3) is 0.286. The molecular weight excluding hydrogens is 306 g/mol. The summed E-state index contributed by atoms with van der Waals surface area (Å²) in [7, 11) is 1.59. The highest BCUT2D eigenvalue weighted by Gasteiger charge is 2.29. The lowest BCUT2D eigenvalue weighted by molar-refractivity contribution is -0.113. The minimum atomic E-state index is -0.0503. The lowest BCUT2D eigenvalue weighted by atomic mass is 10.1. The number of nitrogens with one attached hydrogen (secondary N) is 2. The van der Waals surface area contributed by atoms with Crippen LogP contribution in [0, 0.1) is 0 Å². The standard InChI is InChI=1S/C14H13N3O4S/c1-19-9-2-7(3-10-12(9)21-6-20-10)13-8-4-15-17-14(8)16-11(18)5-22-13/h2-4,13H,5-6H2,1H3,(H2,15,16,17,18). The summed E-state index contributed by atoms with van der Waals surface area (Å²) in [4.78, 5) is 11.8. The van der Waals surface area contributed by atoms with E-state index in [1.807, 2.05) is 12.1 Å². The first-order chi connectivity index (χ1) is 10.8. The number of thioether (sulfide) groups is 1. The van der Waals surface area contributed by atoms with Gasteiger partial charge in [-0.3, -0.25) is 9.89 Å². The molecule has 2 aliphatic rings. The van der Waals surface area contributed by atoms with Crippen molar-refractivity contribution in [2.75, 3.05) is 25.0 Å². The normalized spacial score (nSPS) is 19.3. The number of hydrogen-bond acceptors (Lipinski definition) is 6. The molecule has 2 aliphatic heterocycles. The van der Waals surface area contributed by atoms with Crippen molar-refractivity contribution in [2.45, 2.75) is 5.25 Å². The Morgan fingerprint density at radius 3 is 3.18 bits per heavy atom. The van der Waals surface area contributed by atoms with Crippen LogP contribution in [0.4, 0.5) is 5.82 Å². The molecule has 22 heavy (non-hydrogen) atoms. The lowest BCUT2D eigenvalue weighted by Crippen LogP contribution is -2.12. The van der Waals surface area contributed by atoms with Crippen LogP contribution in [-0.4, -0.2) is 35.8 Å². The van der Waals surface area contributed by atoms with Crippen LogP contribution in [0.15, 0.2) is 18.3 Å². The maximum Gasteiger partial charge on any atom is 0.235 e. The van der Waals surface area contributed by atoms with E-state index in [0.717, 1.165) is 11.1 Å². The molecule has 1 aromatic carbocycles. The zero-order valence-electron chi connectivity index (χ0n) is 11.7. The van der Waals surface area contributed by atoms with Gasteiger partial charge in [0, 0.05) is 5.56 Å². The van der Waals surface area contributed by atoms with Crippen molar-refractivity contribution < 1.29 is 19.0 Å². The number of carbonyl (C=O) groups is 1. The van der Waals surface area contributed by atoms with Gasteiger partial charge in [0.2, 0.25) is 18.4 Å². The van der Waals surface area contributed by atoms with Gasteiger partial charge in [-0.2, -0.15) is 5.10 Å². The molecule has 0 radical (unpaired) electrons. The number of fused-ring (bicyclic) bond motifs is 2. The molecule has 0 fully saturated rings. The molecule has 114 valence electrons. The van der Waals surface area contributed by atoms with Gasteiger partial charge >= 0.3 is 0 Å². The highest BCUT2D eigenvalue weighted by Crippen LogP contribution is 2.48. The molecule has 0 spiro atoms. The number of aromatic amines is 1. The van der Waals surface area contributed by atoms with Crippen LogP contribution in [0.2, 0.25) is 0 Å². The molecule has 1 atom stereocenters. The number of anilines is 1. The van der Waals surface area contributed by atoms with Gasteiger partial charge in [0.25, 0.3) is 0 Å². The Bertz CT molecular complexity index is 746. The first kappa shape index (κ1) is 13.3. The van der Waals surface area contributed by atoms with Crippen molar-refractivity contribution >= 4 is 23.5 Å². The van der Waals surface area contributed by atoms with E-state index >= 15 is 0 Å². The van der Waals surface area contributed by atoms with E-state index in [1.165, 1.54) is 11.8 Å². The molecule has 2 aromatic rings. The van der Waals surface area contributed by atoms with Crippen molar-refractivity contribution in [1.29, 1.82) is 0 Å². The average molecular weight is 319 g/mol. The first-order valence-corrected chi connectivity index (χ1v) is 7.73. The third-order valence-corrected chi connectivity index (χ3v) is 4.87. The molecule has 3 heterocycles. The van der Waals surface area contributed by atoms with Gasteiger partial charge in [-0.1, -0.05) is 0 Å². The molecule has 2 N–H and O–H groups in total. The van der Waals surface area contributed by atoms with Crippen molar-refractivity contribution in [2.24, 2.45) is 0 Å². The highest BCUT2D eigenvalue weighted by molar-refractivity contribution is 8.00. The quantitative estimate of drug-likeness (QED) is 0.879. The molecule has 0 saturated carbocycles. The zero-order chi connectivity index (χ0) is 15.1. The fourth-order valence-electron chi connectivity index (χ4n) is 2.60. The topological polar surface area (TPSA) is 85.5 Å². The molecule has 0 bridgehead atoms. The summed E-state index contributed by atoms with van der Waals surface area (Å²) in [6.45, 7) is 0.184. The Kier molecular flexibility index (Phi) is 3.11. The van der Waals surface area contributed by atoms with Crippen LogP contribution in [0.5, 0.6) is 17.2 Å². The predicted octanol–water partition coefficient (Wildman–Crippen LogP) is 1.92. The van der Waals surface area contributed by atoms with Crippen LogP contribution in [0.1, 0.15) is 16.4 Å². The number of nitrogens with zero attached hydrogens (tertiary/aromatic N) is 1. The Balaban J connectivity index is 1.81. The van der Waals surface area contributed by atoms with E-state index in [9.17, 15) is 4.79 Å². The minimum absolute atomic E-state index is 0.0453. The van der Waals surface area contributed by atoms with Gasteiger partial charge in [0.15, 0.2) is 11.5 Å². The van der Waals surface area contributed by atoms with E-state index in [-0.39, 0.29) is 18.0 Å². The van der Waals surface area contributed by atoms with Crippen molar-refractivity contribution in [3.8, 4) is 17.2 Å². The van der Waals surface area contributed by atoms with E-state index < -0.39 is 0 Å². The van der Waals surface area contributed by atoms with E-state index in [0.29, 0.717) is 28.8 Å². The van der Waals surface area contributed by atoms with Crippen LogP contribution in [0.3, 0.4) is 0 Å². The number of amides is 1. The molecule has 8 heteroatoms. The lowest BCUT2D eigenvalue weighted by Gasteiger charge is -2.16. The smallest absolute Gasteiger partial charge is 0.235 e. The average Bonchev–Trinajstić information content (AvgIpc) is 3.13. The second-order valence-corrected chi connectivity index (χ2v) is 5.99. The number of aromatic nitrogens is 2. The summed E-state index contributed by atoms with van der Waals surface area (Å²) in [6, 6.07) is 3.84. The third kappa shape index (κ3) is 2.07. The van der Waals surface area contributed by atoms with Crippen molar-refractivity contribution in [1.82, 2.24) is 10.2 Å². The third-order valence-electron chi connectivity index (χ3n) is 3.58. The van der Waals surface area contributed by atoms with Gasteiger partial charge in [0.1, 0.15) is 5.82 Å². The summed E-state index contributed by atoms with van der Waals surface area (Å²) in [5.41, 5.74) is 1.90. The second-order valence-electron chi connectivity index (χ2n) is 4.90.